The summed E-state index contributed by atoms with van der Waals surface area (Å²) in [6, 6.07) is 6.69. The smallest absolute Gasteiger partial charge is 0.255 e. The predicted octanol–water partition coefficient (Wildman–Crippen LogP) is 2.35. The highest BCUT2D eigenvalue weighted by molar-refractivity contribution is 6.29. The summed E-state index contributed by atoms with van der Waals surface area (Å²) in [5, 5.41) is 0.118. The average Bonchev–Trinajstić information content (AvgIpc) is 2.26. The molecule has 7 heteroatoms. The molecule has 1 amide bonds. The molecule has 0 atom stereocenters. The van der Waals surface area contributed by atoms with Crippen molar-refractivity contribution in [3.63, 3.8) is 0 Å². The van der Waals surface area contributed by atoms with Gasteiger partial charge in [-0.3, -0.25) is 4.79 Å². The standard InChI is InChI=1S/C12H9ClFN3O2/c13-9-4-6(15)5-10(17-9)19-8-3-1-2-7(14)11(8)12(16)18/h1-5H,(H2,15,17)(H2,16,18). The fourth-order valence-electron chi connectivity index (χ4n) is 1.49. The molecule has 0 aliphatic carbocycles. The molecule has 1 heterocycles. The molecule has 0 radical (unpaired) electrons. The van der Waals surface area contributed by atoms with Crippen molar-refractivity contribution in [2.24, 2.45) is 5.73 Å². The van der Waals surface area contributed by atoms with Crippen LogP contribution in [0.1, 0.15) is 10.4 Å². The number of carbonyl (C=O) groups is 1. The summed E-state index contributed by atoms with van der Waals surface area (Å²) in [7, 11) is 0. The van der Waals surface area contributed by atoms with E-state index >= 15 is 0 Å². The molecule has 4 N–H and O–H groups in total. The lowest BCUT2D eigenvalue weighted by molar-refractivity contribution is 0.0994. The second-order valence-electron chi connectivity index (χ2n) is 3.64. The van der Waals surface area contributed by atoms with Crippen LogP contribution in [0, 0.1) is 5.82 Å². The van der Waals surface area contributed by atoms with Crippen molar-refractivity contribution in [2.45, 2.75) is 0 Å². The summed E-state index contributed by atoms with van der Waals surface area (Å²) < 4.78 is 18.8. The lowest BCUT2D eigenvalue weighted by atomic mass is 10.2. The van der Waals surface area contributed by atoms with Gasteiger partial charge in [0.15, 0.2) is 0 Å². The molecule has 0 aliphatic heterocycles. The molecule has 0 saturated carbocycles. The Labute approximate surface area is 112 Å². The Kier molecular flexibility index (Phi) is 3.52. The van der Waals surface area contributed by atoms with Crippen LogP contribution < -0.4 is 16.2 Å². The van der Waals surface area contributed by atoms with Gasteiger partial charge in [-0.1, -0.05) is 17.7 Å². The van der Waals surface area contributed by atoms with Crippen LogP contribution in [0.5, 0.6) is 11.6 Å². The van der Waals surface area contributed by atoms with E-state index < -0.39 is 11.7 Å². The molecule has 5 nitrogen and oxygen atoms in total. The number of primary amides is 1. The minimum Gasteiger partial charge on any atom is -0.438 e. The van der Waals surface area contributed by atoms with E-state index in [-0.39, 0.29) is 22.3 Å². The third-order valence-corrected chi connectivity index (χ3v) is 2.42. The first-order chi connectivity index (χ1) is 8.97. The summed E-state index contributed by atoms with van der Waals surface area (Å²) in [5.41, 5.74) is 10.6. The summed E-state index contributed by atoms with van der Waals surface area (Å²) in [6.45, 7) is 0. The zero-order valence-electron chi connectivity index (χ0n) is 9.56. The predicted molar refractivity (Wildman–Crippen MR) is 68.7 cm³/mol. The van der Waals surface area contributed by atoms with Gasteiger partial charge in [0.25, 0.3) is 5.91 Å². The normalized spacial score (nSPS) is 10.2. The molecule has 19 heavy (non-hydrogen) atoms. The highest BCUT2D eigenvalue weighted by Gasteiger charge is 2.16. The van der Waals surface area contributed by atoms with Gasteiger partial charge in [-0.05, 0) is 18.2 Å². The van der Waals surface area contributed by atoms with Gasteiger partial charge in [0.05, 0.1) is 0 Å². The largest absolute Gasteiger partial charge is 0.438 e. The van der Waals surface area contributed by atoms with E-state index in [9.17, 15) is 9.18 Å². The summed E-state index contributed by atoms with van der Waals surface area (Å²) >= 11 is 5.71. The van der Waals surface area contributed by atoms with E-state index in [1.54, 1.807) is 0 Å². The van der Waals surface area contributed by atoms with Gasteiger partial charge < -0.3 is 16.2 Å². The first-order valence-corrected chi connectivity index (χ1v) is 5.54. The van der Waals surface area contributed by atoms with Gasteiger partial charge in [-0.15, -0.1) is 0 Å². The fraction of sp³-hybridized carbons (Fsp3) is 0. The van der Waals surface area contributed by atoms with Crippen LogP contribution in [0.2, 0.25) is 5.15 Å². The number of pyridine rings is 1. The number of anilines is 1. The van der Waals surface area contributed by atoms with Crippen LogP contribution in [-0.4, -0.2) is 10.9 Å². The molecule has 0 fully saturated rings. The van der Waals surface area contributed by atoms with Crippen LogP contribution in [0.25, 0.3) is 0 Å². The number of rotatable bonds is 3. The molecule has 0 bridgehead atoms. The number of nitrogens with zero attached hydrogens (tertiary/aromatic N) is 1. The number of aromatic nitrogens is 1. The molecule has 0 saturated heterocycles. The third-order valence-electron chi connectivity index (χ3n) is 2.23. The summed E-state index contributed by atoms with van der Waals surface area (Å²) in [5.74, 6) is -1.73. The number of nitrogen functional groups attached to an aromatic ring is 1. The Hall–Kier alpha value is -2.34. The molecule has 2 rings (SSSR count). The van der Waals surface area contributed by atoms with Crippen molar-refractivity contribution in [2.75, 3.05) is 5.73 Å². The molecule has 0 aliphatic rings. The quantitative estimate of drug-likeness (QED) is 0.845. The first kappa shape index (κ1) is 13.1. The van der Waals surface area contributed by atoms with Crippen molar-refractivity contribution in [1.82, 2.24) is 4.98 Å². The number of amides is 1. The third kappa shape index (κ3) is 2.92. The minimum atomic E-state index is -0.942. The molecule has 98 valence electrons. The Balaban J connectivity index is 2.43. The van der Waals surface area contributed by atoms with Crippen LogP contribution in [0.4, 0.5) is 10.1 Å². The van der Waals surface area contributed by atoms with E-state index in [0.29, 0.717) is 5.69 Å². The van der Waals surface area contributed by atoms with Crippen LogP contribution >= 0.6 is 11.6 Å². The van der Waals surface area contributed by atoms with Crippen LogP contribution in [0.15, 0.2) is 30.3 Å². The second kappa shape index (κ2) is 5.11. The lowest BCUT2D eigenvalue weighted by Crippen LogP contribution is -2.14. The first-order valence-electron chi connectivity index (χ1n) is 5.16. The molecule has 0 unspecified atom stereocenters. The maximum absolute atomic E-state index is 13.5. The number of benzene rings is 1. The molecule has 1 aromatic heterocycles. The number of ether oxygens (including phenoxy) is 1. The molecule has 0 spiro atoms. The average molecular weight is 282 g/mol. The van der Waals surface area contributed by atoms with Crippen molar-refractivity contribution in [1.29, 1.82) is 0 Å². The Bertz CT molecular complexity index is 629. The van der Waals surface area contributed by atoms with Crippen molar-refractivity contribution in [3.05, 3.63) is 46.9 Å². The van der Waals surface area contributed by atoms with Crippen LogP contribution in [-0.2, 0) is 0 Å². The maximum Gasteiger partial charge on any atom is 0.255 e. The van der Waals surface area contributed by atoms with Gasteiger partial charge >= 0.3 is 0 Å². The monoisotopic (exact) mass is 281 g/mol. The van der Waals surface area contributed by atoms with Gasteiger partial charge in [0.1, 0.15) is 22.3 Å². The molecular weight excluding hydrogens is 273 g/mol. The SMILES string of the molecule is NC(=O)c1c(F)cccc1Oc1cc(N)cc(Cl)n1. The summed E-state index contributed by atoms with van der Waals surface area (Å²) in [4.78, 5) is 15.0. The van der Waals surface area contributed by atoms with Gasteiger partial charge in [-0.2, -0.15) is 0 Å². The van der Waals surface area contributed by atoms with Gasteiger partial charge in [0, 0.05) is 11.8 Å². The minimum absolute atomic E-state index is 0.0399. The van der Waals surface area contributed by atoms with E-state index in [2.05, 4.69) is 4.98 Å². The second-order valence-corrected chi connectivity index (χ2v) is 4.03. The van der Waals surface area contributed by atoms with Gasteiger partial charge in [-0.25, -0.2) is 9.37 Å². The Morgan fingerprint density at radius 1 is 1.37 bits per heavy atom. The van der Waals surface area contributed by atoms with E-state index in [0.717, 1.165) is 6.07 Å². The van der Waals surface area contributed by atoms with Crippen molar-refractivity contribution in [3.8, 4) is 11.6 Å². The number of nitrogens with two attached hydrogens (primary N) is 2. The zero-order valence-corrected chi connectivity index (χ0v) is 10.3. The highest BCUT2D eigenvalue weighted by atomic mass is 35.5. The topological polar surface area (TPSA) is 91.2 Å². The number of hydrogen-bond donors (Lipinski definition) is 2. The van der Waals surface area contributed by atoms with Crippen molar-refractivity contribution >= 4 is 23.2 Å². The fourth-order valence-corrected chi connectivity index (χ4v) is 1.69. The van der Waals surface area contributed by atoms with Gasteiger partial charge in [0.2, 0.25) is 5.88 Å². The van der Waals surface area contributed by atoms with E-state index in [1.807, 2.05) is 0 Å². The van der Waals surface area contributed by atoms with E-state index in [1.165, 1.54) is 24.3 Å². The number of halogens is 2. The van der Waals surface area contributed by atoms with Crippen LogP contribution in [0.3, 0.4) is 0 Å². The highest BCUT2D eigenvalue weighted by Crippen LogP contribution is 2.27. The maximum atomic E-state index is 13.5. The molecular formula is C12H9ClFN3O2. The van der Waals surface area contributed by atoms with Crippen molar-refractivity contribution < 1.29 is 13.9 Å². The Morgan fingerprint density at radius 3 is 2.74 bits per heavy atom. The Morgan fingerprint density at radius 2 is 2.11 bits per heavy atom. The summed E-state index contributed by atoms with van der Waals surface area (Å²) in [6.07, 6.45) is 0. The van der Waals surface area contributed by atoms with E-state index in [4.69, 9.17) is 27.8 Å². The zero-order chi connectivity index (χ0) is 14.0. The lowest BCUT2D eigenvalue weighted by Gasteiger charge is -2.09. The number of hydrogen-bond acceptors (Lipinski definition) is 4. The molecule has 2 aromatic rings. The molecule has 1 aromatic carbocycles. The number of carbonyl (C=O) groups excluding carboxylic acids is 1.